The highest BCUT2D eigenvalue weighted by Gasteiger charge is 2.27. The molecule has 1 fully saturated rings. The van der Waals surface area contributed by atoms with Crippen molar-refractivity contribution in [2.24, 2.45) is 0 Å². The van der Waals surface area contributed by atoms with Crippen LogP contribution in [-0.2, 0) is 11.3 Å². The molecule has 0 aliphatic carbocycles. The van der Waals surface area contributed by atoms with Crippen LogP contribution >= 0.6 is 0 Å². The fourth-order valence-corrected chi connectivity index (χ4v) is 2.34. The molecular formula is C13H21N3O2. The Morgan fingerprint density at radius 2 is 2.11 bits per heavy atom. The lowest BCUT2D eigenvalue weighted by atomic mass is 10.2. The summed E-state index contributed by atoms with van der Waals surface area (Å²) in [7, 11) is 0. The van der Waals surface area contributed by atoms with E-state index in [-0.39, 0.29) is 18.1 Å². The van der Waals surface area contributed by atoms with Gasteiger partial charge >= 0.3 is 0 Å². The molecule has 100 valence electrons. The summed E-state index contributed by atoms with van der Waals surface area (Å²) in [5, 5.41) is 4.31. The molecule has 0 saturated carbocycles. The number of hydrogen-bond donors (Lipinski definition) is 0. The molecule has 0 bridgehead atoms. The third kappa shape index (κ3) is 2.90. The lowest BCUT2D eigenvalue weighted by Crippen LogP contribution is -2.48. The van der Waals surface area contributed by atoms with Crippen molar-refractivity contribution in [3.8, 4) is 0 Å². The first kappa shape index (κ1) is 13.1. The number of morpholine rings is 1. The fraction of sp³-hybridized carbons (Fsp3) is 0.692. The minimum absolute atomic E-state index is 0.00635. The van der Waals surface area contributed by atoms with E-state index < -0.39 is 0 Å². The van der Waals surface area contributed by atoms with Gasteiger partial charge in [0.25, 0.3) is 5.91 Å². The highest BCUT2D eigenvalue weighted by atomic mass is 16.5. The van der Waals surface area contributed by atoms with Gasteiger partial charge in [0.1, 0.15) is 5.69 Å². The maximum atomic E-state index is 12.3. The number of hydrogen-bond acceptors (Lipinski definition) is 3. The second-order valence-corrected chi connectivity index (χ2v) is 4.93. The summed E-state index contributed by atoms with van der Waals surface area (Å²) in [6.07, 6.45) is 3.07. The predicted molar refractivity (Wildman–Crippen MR) is 68.4 cm³/mol. The first-order valence-electron chi connectivity index (χ1n) is 6.58. The van der Waals surface area contributed by atoms with Crippen molar-refractivity contribution in [2.45, 2.75) is 45.9 Å². The number of aromatic nitrogens is 2. The summed E-state index contributed by atoms with van der Waals surface area (Å²) in [6.45, 7) is 8.21. The smallest absolute Gasteiger partial charge is 0.274 e. The van der Waals surface area contributed by atoms with Crippen molar-refractivity contribution in [3.05, 3.63) is 18.0 Å². The monoisotopic (exact) mass is 251 g/mol. The summed E-state index contributed by atoms with van der Waals surface area (Å²) < 4.78 is 7.45. The van der Waals surface area contributed by atoms with E-state index in [1.165, 1.54) is 0 Å². The number of carbonyl (C=O) groups excluding carboxylic acids is 1. The standard InChI is InChI=1S/C13H21N3O2/c1-4-6-16-7-5-12(14-16)13(17)15-8-10(2)18-11(3)9-15/h5,7,10-11H,4,6,8-9H2,1-3H3. The maximum absolute atomic E-state index is 12.3. The Labute approximate surface area is 108 Å². The first-order valence-corrected chi connectivity index (χ1v) is 6.58. The van der Waals surface area contributed by atoms with Gasteiger partial charge in [-0.15, -0.1) is 0 Å². The molecule has 0 spiro atoms. The molecule has 18 heavy (non-hydrogen) atoms. The van der Waals surface area contributed by atoms with Gasteiger partial charge in [-0.25, -0.2) is 0 Å². The number of ether oxygens (including phenoxy) is 1. The van der Waals surface area contributed by atoms with E-state index in [1.54, 1.807) is 6.07 Å². The zero-order valence-corrected chi connectivity index (χ0v) is 11.3. The van der Waals surface area contributed by atoms with Gasteiger partial charge in [0.15, 0.2) is 0 Å². The van der Waals surface area contributed by atoms with E-state index in [4.69, 9.17) is 4.74 Å². The van der Waals surface area contributed by atoms with E-state index in [1.807, 2.05) is 29.6 Å². The number of aryl methyl sites for hydroxylation is 1. The van der Waals surface area contributed by atoms with Crippen molar-refractivity contribution < 1.29 is 9.53 Å². The number of rotatable bonds is 3. The van der Waals surface area contributed by atoms with Gasteiger partial charge in [-0.3, -0.25) is 9.48 Å². The van der Waals surface area contributed by atoms with Crippen LogP contribution in [0.25, 0.3) is 0 Å². The molecule has 1 aliphatic rings. The quantitative estimate of drug-likeness (QED) is 0.818. The van der Waals surface area contributed by atoms with Crippen molar-refractivity contribution in [1.29, 1.82) is 0 Å². The average Bonchev–Trinajstić information content (AvgIpc) is 2.76. The first-order chi connectivity index (χ1) is 8.60. The predicted octanol–water partition coefficient (Wildman–Crippen LogP) is 1.54. The molecule has 1 aromatic rings. The highest BCUT2D eigenvalue weighted by molar-refractivity contribution is 5.92. The van der Waals surface area contributed by atoms with Crippen molar-refractivity contribution in [2.75, 3.05) is 13.1 Å². The van der Waals surface area contributed by atoms with Crippen LogP contribution in [-0.4, -0.2) is 45.9 Å². The lowest BCUT2D eigenvalue weighted by Gasteiger charge is -2.34. The van der Waals surface area contributed by atoms with Crippen LogP contribution < -0.4 is 0 Å². The van der Waals surface area contributed by atoms with E-state index in [2.05, 4.69) is 12.0 Å². The minimum Gasteiger partial charge on any atom is -0.372 e. The van der Waals surface area contributed by atoms with Crippen LogP contribution in [0.5, 0.6) is 0 Å². The van der Waals surface area contributed by atoms with Crippen molar-refractivity contribution in [3.63, 3.8) is 0 Å². The number of nitrogens with zero attached hydrogens (tertiary/aromatic N) is 3. The Bertz CT molecular complexity index is 406. The van der Waals surface area contributed by atoms with Crippen LogP contribution in [0.15, 0.2) is 12.3 Å². The van der Waals surface area contributed by atoms with Gasteiger partial charge in [0, 0.05) is 25.8 Å². The maximum Gasteiger partial charge on any atom is 0.274 e. The van der Waals surface area contributed by atoms with Crippen LogP contribution in [0.4, 0.5) is 0 Å². The largest absolute Gasteiger partial charge is 0.372 e. The second kappa shape index (κ2) is 5.52. The Morgan fingerprint density at radius 1 is 1.44 bits per heavy atom. The molecule has 1 amide bonds. The topological polar surface area (TPSA) is 47.4 Å². The Balaban J connectivity index is 2.05. The van der Waals surface area contributed by atoms with E-state index in [0.717, 1.165) is 13.0 Å². The van der Waals surface area contributed by atoms with Crippen LogP contribution in [0.2, 0.25) is 0 Å². The van der Waals surface area contributed by atoms with Crippen LogP contribution in [0.1, 0.15) is 37.7 Å². The SMILES string of the molecule is CCCn1ccc(C(=O)N2CC(C)OC(C)C2)n1. The molecule has 2 heterocycles. The molecule has 1 aromatic heterocycles. The van der Waals surface area contributed by atoms with Crippen molar-refractivity contribution >= 4 is 5.91 Å². The summed E-state index contributed by atoms with van der Waals surface area (Å²) in [5.41, 5.74) is 0.532. The van der Waals surface area contributed by atoms with Crippen LogP contribution in [0, 0.1) is 0 Å². The zero-order chi connectivity index (χ0) is 13.1. The molecule has 2 atom stereocenters. The van der Waals surface area contributed by atoms with Crippen LogP contribution in [0.3, 0.4) is 0 Å². The van der Waals surface area contributed by atoms with E-state index >= 15 is 0 Å². The summed E-state index contributed by atoms with van der Waals surface area (Å²) >= 11 is 0. The minimum atomic E-state index is 0.00635. The molecule has 1 aliphatic heterocycles. The van der Waals surface area contributed by atoms with Gasteiger partial charge in [0.2, 0.25) is 0 Å². The summed E-state index contributed by atoms with van der Waals surface area (Å²) in [5.74, 6) is 0.00635. The Hall–Kier alpha value is -1.36. The lowest BCUT2D eigenvalue weighted by molar-refractivity contribution is -0.0587. The molecule has 2 unspecified atom stereocenters. The highest BCUT2D eigenvalue weighted by Crippen LogP contribution is 2.13. The average molecular weight is 251 g/mol. The van der Waals surface area contributed by atoms with Gasteiger partial charge < -0.3 is 9.64 Å². The normalized spacial score (nSPS) is 24.3. The number of amides is 1. The Morgan fingerprint density at radius 3 is 2.72 bits per heavy atom. The van der Waals surface area contributed by atoms with Gasteiger partial charge in [-0.05, 0) is 26.3 Å². The van der Waals surface area contributed by atoms with Crippen molar-refractivity contribution in [1.82, 2.24) is 14.7 Å². The Kier molecular flexibility index (Phi) is 4.01. The zero-order valence-electron chi connectivity index (χ0n) is 11.3. The molecule has 1 saturated heterocycles. The summed E-state index contributed by atoms with van der Waals surface area (Å²) in [4.78, 5) is 14.1. The molecule has 2 rings (SSSR count). The summed E-state index contributed by atoms with van der Waals surface area (Å²) in [6, 6.07) is 1.79. The molecule has 0 aromatic carbocycles. The second-order valence-electron chi connectivity index (χ2n) is 4.93. The van der Waals surface area contributed by atoms with Gasteiger partial charge in [0.05, 0.1) is 12.2 Å². The molecule has 5 heteroatoms. The fourth-order valence-electron chi connectivity index (χ4n) is 2.34. The molecule has 5 nitrogen and oxygen atoms in total. The third-order valence-electron chi connectivity index (χ3n) is 3.02. The number of carbonyl (C=O) groups is 1. The molecule has 0 radical (unpaired) electrons. The van der Waals surface area contributed by atoms with E-state index in [0.29, 0.717) is 18.8 Å². The molecular weight excluding hydrogens is 230 g/mol. The third-order valence-corrected chi connectivity index (χ3v) is 3.02. The van der Waals surface area contributed by atoms with Gasteiger partial charge in [-0.2, -0.15) is 5.10 Å². The molecule has 0 N–H and O–H groups in total. The van der Waals surface area contributed by atoms with E-state index in [9.17, 15) is 4.79 Å². The van der Waals surface area contributed by atoms with Gasteiger partial charge in [-0.1, -0.05) is 6.92 Å².